The molecular weight excluding hydrogens is 538 g/mol. The first kappa shape index (κ1) is 22.5. The Kier molecular flexibility index (Phi) is 6.88. The van der Waals surface area contributed by atoms with Crippen LogP contribution >= 0.6 is 0 Å². The maximum Gasteiger partial charge on any atom is 0.263 e. The lowest BCUT2D eigenvalue weighted by molar-refractivity contribution is 0.192. The minimum atomic E-state index is -4.68. The number of benzene rings is 2. The smallest absolute Gasteiger partial charge is 0.263 e. The third-order valence-corrected chi connectivity index (χ3v) is 6.87. The van der Waals surface area contributed by atoms with E-state index >= 15 is 0 Å². The van der Waals surface area contributed by atoms with E-state index in [4.69, 9.17) is 21.2 Å². The number of aromatic nitrogens is 4. The number of methoxy groups -OCH3 is 1. The Morgan fingerprint density at radius 2 is 1.73 bits per heavy atom. The molecule has 0 bridgehead atoms. The van der Waals surface area contributed by atoms with E-state index in [1.807, 2.05) is 13.8 Å². The van der Waals surface area contributed by atoms with E-state index < -0.39 is 46.1 Å². The summed E-state index contributed by atoms with van der Waals surface area (Å²) in [6.07, 6.45) is 2.75. The Labute approximate surface area is 239 Å². The van der Waals surface area contributed by atoms with Crippen LogP contribution in [0.5, 0.6) is 23.1 Å². The van der Waals surface area contributed by atoms with Crippen LogP contribution in [-0.4, -0.2) is 68.3 Å². The molecule has 12 nitrogen and oxygen atoms in total. The zero-order chi connectivity index (χ0) is 32.8. The SMILES string of the molecule is [2H]OCC([2H])([2H])Oc1nc(-c2ncccn2)nc(N([2H])S(=O)(=O)c2ccc(C(C)(C)CO[2H])cc2)c1Oc1ccccc1OC. The van der Waals surface area contributed by atoms with Gasteiger partial charge in [-0.3, -0.25) is 4.72 Å². The van der Waals surface area contributed by atoms with Crippen LogP contribution in [-0.2, 0) is 15.4 Å². The molecule has 40 heavy (non-hydrogen) atoms. The Morgan fingerprint density at radius 3 is 2.40 bits per heavy atom. The fraction of sp³-hybridized carbons (Fsp3) is 0.259. The van der Waals surface area contributed by atoms with Gasteiger partial charge in [0.05, 0.1) is 28.0 Å². The van der Waals surface area contributed by atoms with Crippen LogP contribution in [0.15, 0.2) is 71.9 Å². The van der Waals surface area contributed by atoms with Crippen LogP contribution in [0, 0.1) is 0 Å². The summed E-state index contributed by atoms with van der Waals surface area (Å²) < 4.78 is 83.8. The molecule has 0 fully saturated rings. The normalized spacial score (nSPS) is 13.7. The standard InChI is InChI=1S/C27H29N5O7S/c1-27(2,17-34)18-9-11-19(12-10-18)40(35,36)32-23-22(39-21-8-5-4-7-20(21)37-3)26(38-16-15-33)31-25(30-23)24-28-13-6-14-29-24/h4-14,33-34H,15-17H2,1-3H3,(H,30,31,32)/i16D2,33D,34D/hD. The van der Waals surface area contributed by atoms with Crippen molar-refractivity contribution in [1.29, 1.82) is 2.86 Å². The minimum absolute atomic E-state index is 0.0321. The summed E-state index contributed by atoms with van der Waals surface area (Å²) in [5.41, 5.74) is 0.0802. The Morgan fingerprint density at radius 1 is 1.00 bits per heavy atom. The van der Waals surface area contributed by atoms with Crippen LogP contribution in [0.4, 0.5) is 5.82 Å². The second-order valence-corrected chi connectivity index (χ2v) is 10.4. The van der Waals surface area contributed by atoms with E-state index in [-0.39, 0.29) is 39.4 Å². The van der Waals surface area contributed by atoms with Crippen molar-refractivity contribution in [3.8, 4) is 34.8 Å². The second-order valence-electron chi connectivity index (χ2n) is 8.84. The maximum atomic E-state index is 13.8. The van der Waals surface area contributed by atoms with Gasteiger partial charge in [0, 0.05) is 17.8 Å². The van der Waals surface area contributed by atoms with Gasteiger partial charge >= 0.3 is 0 Å². The lowest BCUT2D eigenvalue weighted by Crippen LogP contribution is -2.22. The summed E-state index contributed by atoms with van der Waals surface area (Å²) in [7, 11) is -3.31. The van der Waals surface area contributed by atoms with Crippen LogP contribution in [0.1, 0.15) is 22.2 Å². The van der Waals surface area contributed by atoms with Gasteiger partial charge in [-0.25, -0.2) is 23.4 Å². The van der Waals surface area contributed by atoms with Gasteiger partial charge in [-0.05, 0) is 35.9 Å². The average Bonchev–Trinajstić information content (AvgIpc) is 3.02. The fourth-order valence-electron chi connectivity index (χ4n) is 3.39. The summed E-state index contributed by atoms with van der Waals surface area (Å²) in [4.78, 5) is 16.3. The summed E-state index contributed by atoms with van der Waals surface area (Å²) in [6.45, 7) is 0.166. The summed E-state index contributed by atoms with van der Waals surface area (Å²) >= 11 is 0. The molecule has 13 heteroatoms. The molecule has 210 valence electrons. The quantitative estimate of drug-likeness (QED) is 0.203. The number of nitrogens with one attached hydrogen (secondary N) is 1. The zero-order valence-electron chi connectivity index (χ0n) is 26.8. The molecule has 4 aromatic rings. The highest BCUT2D eigenvalue weighted by Crippen LogP contribution is 2.41. The van der Waals surface area contributed by atoms with Crippen LogP contribution in [0.2, 0.25) is 1.41 Å². The molecule has 3 N–H and O–H groups in total. The number of hydrogen-bond acceptors (Lipinski definition) is 11. The van der Waals surface area contributed by atoms with Crippen molar-refractivity contribution in [2.24, 2.45) is 0 Å². The topological polar surface area (TPSA) is 166 Å². The third kappa shape index (κ3) is 6.45. The van der Waals surface area contributed by atoms with Gasteiger partial charge in [0.2, 0.25) is 14.4 Å². The highest BCUT2D eigenvalue weighted by molar-refractivity contribution is 7.92. The molecule has 0 spiro atoms. The van der Waals surface area contributed by atoms with E-state index in [1.165, 1.54) is 43.8 Å². The van der Waals surface area contributed by atoms with Crippen LogP contribution < -0.4 is 18.9 Å². The number of para-hydroxylation sites is 2. The molecule has 0 saturated carbocycles. The first-order valence-electron chi connectivity index (χ1n) is 14.1. The molecular formula is C27H29N5O7S. The fourth-order valence-corrected chi connectivity index (χ4v) is 4.33. The number of rotatable bonds is 14. The van der Waals surface area contributed by atoms with Crippen molar-refractivity contribution in [1.82, 2.24) is 19.9 Å². The molecule has 4 rings (SSSR count). The Hall–Kier alpha value is -4.33. The number of sulfonamides is 1. The highest BCUT2D eigenvalue weighted by Gasteiger charge is 2.27. The van der Waals surface area contributed by atoms with Gasteiger partial charge in [0.1, 0.15) is 6.56 Å². The van der Waals surface area contributed by atoms with Gasteiger partial charge < -0.3 is 24.4 Å². The lowest BCUT2D eigenvalue weighted by Gasteiger charge is -2.22. The molecule has 0 unspecified atom stereocenters. The predicted molar refractivity (Wildman–Crippen MR) is 146 cm³/mol. The van der Waals surface area contributed by atoms with Gasteiger partial charge in [-0.1, -0.05) is 38.1 Å². The minimum Gasteiger partial charge on any atom is -0.493 e. The molecule has 0 aliphatic heterocycles. The number of anilines is 1. The third-order valence-electron chi connectivity index (χ3n) is 5.59. The highest BCUT2D eigenvalue weighted by atomic mass is 32.2. The Bertz CT molecular complexity index is 1720. The van der Waals surface area contributed by atoms with Crippen molar-refractivity contribution < 1.29 is 37.0 Å². The van der Waals surface area contributed by atoms with Crippen molar-refractivity contribution in [2.75, 3.05) is 31.6 Å². The number of ether oxygens (including phenoxy) is 3. The Balaban J connectivity index is 1.93. The van der Waals surface area contributed by atoms with Crippen molar-refractivity contribution in [2.45, 2.75) is 24.2 Å². The number of nitrogens with zero attached hydrogens (tertiary/aromatic N) is 4. The molecule has 0 saturated heterocycles. The largest absolute Gasteiger partial charge is 0.493 e. The predicted octanol–water partition coefficient (Wildman–Crippen LogP) is 3.18. The maximum absolute atomic E-state index is 13.8. The van der Waals surface area contributed by atoms with Gasteiger partial charge in [0.25, 0.3) is 15.9 Å². The lowest BCUT2D eigenvalue weighted by atomic mass is 9.86. The summed E-state index contributed by atoms with van der Waals surface area (Å²) in [5.74, 6) is -2.08. The van der Waals surface area contributed by atoms with E-state index in [0.29, 0.717) is 5.56 Å². The first-order valence-corrected chi connectivity index (χ1v) is 13.3. The first-order chi connectivity index (χ1) is 21.3. The molecule has 0 atom stereocenters. The number of aliphatic hydroxyl groups is 2. The second kappa shape index (κ2) is 12.2. The number of hydrogen-bond donors (Lipinski definition) is 3. The van der Waals surface area contributed by atoms with E-state index in [2.05, 4.69) is 30.2 Å². The van der Waals surface area contributed by atoms with Crippen molar-refractivity contribution in [3.63, 3.8) is 0 Å². The molecule has 0 radical (unpaired) electrons. The van der Waals surface area contributed by atoms with E-state index in [9.17, 15) is 8.42 Å². The molecule has 0 aliphatic carbocycles. The van der Waals surface area contributed by atoms with Gasteiger partial charge in [0.15, 0.2) is 24.6 Å². The van der Waals surface area contributed by atoms with Gasteiger partial charge in [-0.2, -0.15) is 4.98 Å². The van der Waals surface area contributed by atoms with Gasteiger partial charge in [-0.15, -0.1) is 0 Å². The molecule has 2 heterocycles. The average molecular weight is 573 g/mol. The monoisotopic (exact) mass is 572 g/mol. The van der Waals surface area contributed by atoms with E-state index in [1.54, 1.807) is 30.3 Å². The van der Waals surface area contributed by atoms with E-state index in [0.717, 1.165) is 0 Å². The van der Waals surface area contributed by atoms with Crippen LogP contribution in [0.3, 0.4) is 0 Å². The molecule has 0 aliphatic rings. The zero-order valence-corrected chi connectivity index (χ0v) is 22.6. The van der Waals surface area contributed by atoms with Crippen molar-refractivity contribution in [3.05, 3.63) is 72.6 Å². The molecule has 2 aromatic heterocycles. The molecule has 0 amide bonds. The van der Waals surface area contributed by atoms with Crippen LogP contribution in [0.25, 0.3) is 11.6 Å². The number of aliphatic hydroxyl groups excluding tert-OH is 2. The van der Waals surface area contributed by atoms with Crippen molar-refractivity contribution >= 4 is 15.8 Å². The molecule has 2 aromatic carbocycles. The summed E-state index contributed by atoms with van der Waals surface area (Å²) in [5, 5.41) is 8.72. The summed E-state index contributed by atoms with van der Waals surface area (Å²) in [6, 6.07) is 13.5.